The average Bonchev–Trinajstić information content (AvgIpc) is 2.15. The highest BCUT2D eigenvalue weighted by atomic mass is 16.1. The van der Waals surface area contributed by atoms with Gasteiger partial charge in [0, 0.05) is 0 Å². The normalized spacial score (nSPS) is 16.4. The van der Waals surface area contributed by atoms with Gasteiger partial charge in [-0.25, -0.2) is 0 Å². The van der Waals surface area contributed by atoms with E-state index >= 15 is 0 Å². The van der Waals surface area contributed by atoms with Crippen LogP contribution in [0, 0.1) is 11.8 Å². The van der Waals surface area contributed by atoms with Crippen molar-refractivity contribution in [1.82, 2.24) is 0 Å². The second-order valence-corrected chi connectivity index (χ2v) is 4.24. The van der Waals surface area contributed by atoms with E-state index in [9.17, 15) is 4.79 Å². The highest BCUT2D eigenvalue weighted by Crippen LogP contribution is 2.18. The van der Waals surface area contributed by atoms with Gasteiger partial charge in [0.15, 0.2) is 0 Å². The summed E-state index contributed by atoms with van der Waals surface area (Å²) in [5.74, 6) is 0.969. The molecule has 0 spiro atoms. The Bertz CT molecular complexity index is 182. The van der Waals surface area contributed by atoms with Gasteiger partial charge in [-0.2, -0.15) is 0 Å². The van der Waals surface area contributed by atoms with E-state index in [1.54, 1.807) is 0 Å². The lowest BCUT2D eigenvalue weighted by molar-refractivity contribution is -0.105. The molecule has 0 saturated heterocycles. The molecule has 0 fully saturated rings. The minimum atomic E-state index is 0.428. The van der Waals surface area contributed by atoms with Crippen molar-refractivity contribution in [2.24, 2.45) is 11.8 Å². The van der Waals surface area contributed by atoms with Crippen LogP contribution in [0.5, 0.6) is 0 Å². The first-order valence-corrected chi connectivity index (χ1v) is 5.82. The molecule has 0 aromatic heterocycles. The fraction of sp³-hybridized carbons (Fsp3) is 0.769. The van der Waals surface area contributed by atoms with Crippen LogP contribution in [-0.4, -0.2) is 6.29 Å². The van der Waals surface area contributed by atoms with Gasteiger partial charge in [0.1, 0.15) is 6.29 Å². The lowest BCUT2D eigenvalue weighted by Crippen LogP contribution is -2.03. The van der Waals surface area contributed by atoms with Crippen LogP contribution in [0.25, 0.3) is 0 Å². The second-order valence-electron chi connectivity index (χ2n) is 4.24. The molecule has 0 aromatic rings. The van der Waals surface area contributed by atoms with Crippen LogP contribution in [0.15, 0.2) is 11.6 Å². The monoisotopic (exact) mass is 196 g/mol. The van der Waals surface area contributed by atoms with Crippen LogP contribution in [-0.2, 0) is 4.79 Å². The SMILES string of the molecule is CCCC(C)/C=C(\C=O)C(C)CCC. The molecule has 0 aliphatic rings. The standard InChI is InChI=1S/C13H24O/c1-5-7-11(3)9-13(10-14)12(4)8-6-2/h9-12H,5-8H2,1-4H3/b13-9+. The lowest BCUT2D eigenvalue weighted by Gasteiger charge is -2.12. The number of allylic oxidation sites excluding steroid dienone is 2. The Morgan fingerprint density at radius 3 is 2.14 bits per heavy atom. The van der Waals surface area contributed by atoms with E-state index in [0.29, 0.717) is 11.8 Å². The number of rotatable bonds is 7. The molecular weight excluding hydrogens is 172 g/mol. The van der Waals surface area contributed by atoms with Crippen LogP contribution in [0.3, 0.4) is 0 Å². The Morgan fingerprint density at radius 1 is 1.14 bits per heavy atom. The molecule has 0 rings (SSSR count). The first kappa shape index (κ1) is 13.4. The summed E-state index contributed by atoms with van der Waals surface area (Å²) in [6, 6.07) is 0. The van der Waals surface area contributed by atoms with Crippen LogP contribution >= 0.6 is 0 Å². The molecule has 2 atom stereocenters. The zero-order chi connectivity index (χ0) is 11.0. The molecule has 1 heteroatoms. The summed E-state index contributed by atoms with van der Waals surface area (Å²) in [5.41, 5.74) is 0.993. The van der Waals surface area contributed by atoms with Gasteiger partial charge in [-0.3, -0.25) is 4.79 Å². The molecule has 0 aromatic carbocycles. The summed E-state index contributed by atoms with van der Waals surface area (Å²) in [6.07, 6.45) is 7.81. The molecule has 0 heterocycles. The topological polar surface area (TPSA) is 17.1 Å². The molecule has 0 amide bonds. The molecule has 82 valence electrons. The third-order valence-corrected chi connectivity index (χ3v) is 2.65. The molecule has 0 N–H and O–H groups in total. The summed E-state index contributed by atoms with van der Waals surface area (Å²) in [6.45, 7) is 8.67. The molecule has 0 aliphatic heterocycles. The quantitative estimate of drug-likeness (QED) is 0.444. The summed E-state index contributed by atoms with van der Waals surface area (Å²) >= 11 is 0. The zero-order valence-corrected chi connectivity index (χ0v) is 10.0. The number of carbonyl (C=O) groups excluding carboxylic acids is 1. The molecule has 0 saturated carbocycles. The average molecular weight is 196 g/mol. The van der Waals surface area contributed by atoms with Crippen molar-refractivity contribution < 1.29 is 4.79 Å². The van der Waals surface area contributed by atoms with Gasteiger partial charge in [0.2, 0.25) is 0 Å². The van der Waals surface area contributed by atoms with E-state index < -0.39 is 0 Å². The predicted octanol–water partition coefficient (Wildman–Crippen LogP) is 3.98. The smallest absolute Gasteiger partial charge is 0.145 e. The zero-order valence-electron chi connectivity index (χ0n) is 10.0. The molecular formula is C13H24O. The van der Waals surface area contributed by atoms with Crippen molar-refractivity contribution in [1.29, 1.82) is 0 Å². The molecule has 0 bridgehead atoms. The van der Waals surface area contributed by atoms with Crippen molar-refractivity contribution >= 4 is 6.29 Å². The van der Waals surface area contributed by atoms with Crippen LogP contribution in [0.4, 0.5) is 0 Å². The van der Waals surface area contributed by atoms with E-state index in [-0.39, 0.29) is 0 Å². The van der Waals surface area contributed by atoms with Gasteiger partial charge in [-0.15, -0.1) is 0 Å². The minimum absolute atomic E-state index is 0.428. The van der Waals surface area contributed by atoms with E-state index in [4.69, 9.17) is 0 Å². The summed E-state index contributed by atoms with van der Waals surface area (Å²) in [5, 5.41) is 0. The van der Waals surface area contributed by atoms with Gasteiger partial charge < -0.3 is 0 Å². The van der Waals surface area contributed by atoms with Gasteiger partial charge in [0.25, 0.3) is 0 Å². The molecule has 0 radical (unpaired) electrons. The lowest BCUT2D eigenvalue weighted by atomic mass is 9.93. The first-order valence-electron chi connectivity index (χ1n) is 5.82. The van der Waals surface area contributed by atoms with E-state index in [2.05, 4.69) is 33.8 Å². The van der Waals surface area contributed by atoms with Crippen molar-refractivity contribution in [2.45, 2.75) is 53.4 Å². The Labute approximate surface area is 88.6 Å². The Balaban J connectivity index is 4.29. The molecule has 0 aliphatic carbocycles. The summed E-state index contributed by atoms with van der Waals surface area (Å²) in [4.78, 5) is 10.9. The van der Waals surface area contributed by atoms with Crippen molar-refractivity contribution in [3.05, 3.63) is 11.6 Å². The van der Waals surface area contributed by atoms with E-state index in [1.165, 1.54) is 12.8 Å². The molecule has 1 nitrogen and oxygen atoms in total. The number of hydrogen-bond donors (Lipinski definition) is 0. The Hall–Kier alpha value is -0.590. The third-order valence-electron chi connectivity index (χ3n) is 2.65. The van der Waals surface area contributed by atoms with Gasteiger partial charge in [0.05, 0.1) is 0 Å². The predicted molar refractivity (Wildman–Crippen MR) is 62.3 cm³/mol. The summed E-state index contributed by atoms with van der Waals surface area (Å²) < 4.78 is 0. The maximum absolute atomic E-state index is 10.9. The highest BCUT2D eigenvalue weighted by molar-refractivity contribution is 5.73. The van der Waals surface area contributed by atoms with Crippen LogP contribution in [0.1, 0.15) is 53.4 Å². The number of hydrogen-bond acceptors (Lipinski definition) is 1. The molecule has 2 unspecified atom stereocenters. The van der Waals surface area contributed by atoms with E-state index in [0.717, 1.165) is 24.7 Å². The Morgan fingerprint density at radius 2 is 1.71 bits per heavy atom. The summed E-state index contributed by atoms with van der Waals surface area (Å²) in [7, 11) is 0. The first-order chi connectivity index (χ1) is 6.65. The highest BCUT2D eigenvalue weighted by Gasteiger charge is 2.08. The third kappa shape index (κ3) is 5.21. The van der Waals surface area contributed by atoms with Crippen LogP contribution in [0.2, 0.25) is 0 Å². The Kier molecular flexibility index (Phi) is 7.45. The number of aldehydes is 1. The van der Waals surface area contributed by atoms with Crippen LogP contribution < -0.4 is 0 Å². The van der Waals surface area contributed by atoms with Gasteiger partial charge in [-0.05, 0) is 30.3 Å². The largest absolute Gasteiger partial charge is 0.298 e. The second kappa shape index (κ2) is 7.78. The minimum Gasteiger partial charge on any atom is -0.298 e. The fourth-order valence-electron chi connectivity index (χ4n) is 1.79. The maximum atomic E-state index is 10.9. The van der Waals surface area contributed by atoms with E-state index in [1.807, 2.05) is 0 Å². The fourth-order valence-corrected chi connectivity index (χ4v) is 1.79. The van der Waals surface area contributed by atoms with Crippen molar-refractivity contribution in [3.63, 3.8) is 0 Å². The van der Waals surface area contributed by atoms with Crippen molar-refractivity contribution in [3.8, 4) is 0 Å². The number of carbonyl (C=O) groups is 1. The maximum Gasteiger partial charge on any atom is 0.145 e. The van der Waals surface area contributed by atoms with Gasteiger partial charge in [-0.1, -0.05) is 46.6 Å². The van der Waals surface area contributed by atoms with Crippen molar-refractivity contribution in [2.75, 3.05) is 0 Å². The van der Waals surface area contributed by atoms with Gasteiger partial charge >= 0.3 is 0 Å². The molecule has 14 heavy (non-hydrogen) atoms.